The summed E-state index contributed by atoms with van der Waals surface area (Å²) in [6, 6.07) is 0. The summed E-state index contributed by atoms with van der Waals surface area (Å²) in [5.41, 5.74) is 2.43. The molecule has 5 heteroatoms. The molecular weight excluding hydrogens is 284 g/mol. The Morgan fingerprint density at radius 3 is 2.45 bits per heavy atom. The molecule has 0 aromatic carbocycles. The Morgan fingerprint density at radius 1 is 1.09 bits per heavy atom. The molecule has 5 nitrogen and oxygen atoms in total. The van der Waals surface area contributed by atoms with Crippen LogP contribution >= 0.6 is 0 Å². The third kappa shape index (κ3) is 2.11. The third-order valence-electron chi connectivity index (χ3n) is 5.69. The fourth-order valence-corrected chi connectivity index (χ4v) is 4.96. The van der Waals surface area contributed by atoms with Crippen molar-refractivity contribution in [3.8, 4) is 0 Å². The number of aliphatic hydroxyl groups is 1. The van der Waals surface area contributed by atoms with Crippen molar-refractivity contribution in [1.82, 2.24) is 0 Å². The largest absolute Gasteiger partial charge is 0.388 e. The van der Waals surface area contributed by atoms with Gasteiger partial charge >= 0.3 is 0 Å². The summed E-state index contributed by atoms with van der Waals surface area (Å²) < 4.78 is 21.2. The minimum atomic E-state index is -0.420. The maximum absolute atomic E-state index is 10.7. The van der Waals surface area contributed by atoms with Crippen molar-refractivity contribution in [2.45, 2.75) is 31.8 Å². The first-order valence-electron chi connectivity index (χ1n) is 7.94. The van der Waals surface area contributed by atoms with Gasteiger partial charge in [-0.15, -0.1) is 0 Å². The van der Waals surface area contributed by atoms with Gasteiger partial charge < -0.3 is 24.1 Å². The van der Waals surface area contributed by atoms with Crippen LogP contribution in [0.2, 0.25) is 0 Å². The van der Waals surface area contributed by atoms with Gasteiger partial charge in [0, 0.05) is 25.0 Å². The molecule has 0 heterocycles. The highest BCUT2D eigenvalue weighted by Gasteiger charge is 2.69. The van der Waals surface area contributed by atoms with Crippen molar-refractivity contribution in [2.24, 2.45) is 10.8 Å². The molecule has 0 aliphatic heterocycles. The van der Waals surface area contributed by atoms with Crippen LogP contribution in [0.25, 0.3) is 0 Å². The van der Waals surface area contributed by atoms with E-state index < -0.39 is 6.10 Å². The lowest BCUT2D eigenvalue weighted by atomic mass is 9.43. The van der Waals surface area contributed by atoms with E-state index in [-0.39, 0.29) is 24.4 Å². The van der Waals surface area contributed by atoms with Gasteiger partial charge in [-0.05, 0) is 30.4 Å². The molecule has 0 amide bonds. The average Bonchev–Trinajstić information content (AvgIpc) is 2.86. The van der Waals surface area contributed by atoms with Gasteiger partial charge in [-0.2, -0.15) is 0 Å². The molecule has 22 heavy (non-hydrogen) atoms. The zero-order valence-corrected chi connectivity index (χ0v) is 13.5. The molecule has 1 unspecified atom stereocenters. The van der Waals surface area contributed by atoms with E-state index in [0.717, 1.165) is 25.7 Å². The first-order chi connectivity index (χ1) is 10.7. The molecule has 0 bridgehead atoms. The van der Waals surface area contributed by atoms with E-state index in [4.69, 9.17) is 18.9 Å². The second-order valence-electron chi connectivity index (χ2n) is 6.45. The van der Waals surface area contributed by atoms with Gasteiger partial charge in [-0.1, -0.05) is 18.6 Å². The summed E-state index contributed by atoms with van der Waals surface area (Å²) in [6.45, 7) is 1.62. The van der Waals surface area contributed by atoms with Crippen LogP contribution in [0.3, 0.4) is 0 Å². The third-order valence-corrected chi connectivity index (χ3v) is 5.69. The van der Waals surface area contributed by atoms with Gasteiger partial charge in [0.25, 0.3) is 0 Å². The topological polar surface area (TPSA) is 57.2 Å². The van der Waals surface area contributed by atoms with Crippen LogP contribution in [0.5, 0.6) is 0 Å². The van der Waals surface area contributed by atoms with E-state index in [1.807, 2.05) is 6.08 Å². The molecule has 0 spiro atoms. The van der Waals surface area contributed by atoms with Gasteiger partial charge in [-0.3, -0.25) is 0 Å². The molecule has 1 fully saturated rings. The van der Waals surface area contributed by atoms with Crippen molar-refractivity contribution >= 4 is 0 Å². The molecule has 1 N–H and O–H groups in total. The Hall–Kier alpha value is -0.720. The molecule has 3 rings (SSSR count). The molecule has 0 aromatic rings. The summed E-state index contributed by atoms with van der Waals surface area (Å²) in [5, 5.41) is 10.7. The number of hydrogen-bond acceptors (Lipinski definition) is 5. The Morgan fingerprint density at radius 2 is 1.77 bits per heavy atom. The average molecular weight is 310 g/mol. The molecule has 3 aliphatic rings. The molecule has 0 saturated heterocycles. The first kappa shape index (κ1) is 16.1. The summed E-state index contributed by atoms with van der Waals surface area (Å²) >= 11 is 0. The van der Waals surface area contributed by atoms with Crippen LogP contribution < -0.4 is 0 Å². The molecular formula is C17H26O5. The first-order valence-corrected chi connectivity index (χ1v) is 7.94. The maximum Gasteiger partial charge on any atom is 0.146 e. The summed E-state index contributed by atoms with van der Waals surface area (Å²) in [4.78, 5) is 0. The predicted octanol–water partition coefficient (Wildman–Crippen LogP) is 2.02. The van der Waals surface area contributed by atoms with E-state index >= 15 is 0 Å². The standard InChI is InChI=1S/C17H26O5/c1-19-11-21-9-13-14(10-22-12-20-2)17-8-4-7-16(13,17)6-3-5-15(17)18/h3,5,15,18H,4,6-12H2,1-2H3/t15?,16-,17+/m1/s1. The highest BCUT2D eigenvalue weighted by Crippen LogP contribution is 2.73. The van der Waals surface area contributed by atoms with Crippen molar-refractivity contribution in [3.63, 3.8) is 0 Å². The molecule has 1 saturated carbocycles. The SMILES string of the molecule is COCOCC1=C(COCOC)[C@]23CCC[C@]12CC=CC3O. The maximum atomic E-state index is 10.7. The van der Waals surface area contributed by atoms with Crippen molar-refractivity contribution in [2.75, 3.05) is 41.0 Å². The summed E-state index contributed by atoms with van der Waals surface area (Å²) in [7, 11) is 3.25. The normalized spacial score (nSPS) is 36.2. The quantitative estimate of drug-likeness (QED) is 0.422. The number of hydrogen-bond donors (Lipinski definition) is 1. The second kappa shape index (κ2) is 6.42. The van der Waals surface area contributed by atoms with Gasteiger partial charge in [-0.25, -0.2) is 0 Å². The highest BCUT2D eigenvalue weighted by molar-refractivity contribution is 5.51. The van der Waals surface area contributed by atoms with E-state index in [1.165, 1.54) is 11.1 Å². The van der Waals surface area contributed by atoms with E-state index in [0.29, 0.717) is 13.2 Å². The van der Waals surface area contributed by atoms with E-state index in [2.05, 4.69) is 6.08 Å². The van der Waals surface area contributed by atoms with Crippen molar-refractivity contribution in [1.29, 1.82) is 0 Å². The molecule has 3 atom stereocenters. The fourth-order valence-electron chi connectivity index (χ4n) is 4.96. The van der Waals surface area contributed by atoms with E-state index in [1.54, 1.807) is 14.2 Å². The molecule has 0 aromatic heterocycles. The van der Waals surface area contributed by atoms with Gasteiger partial charge in [0.2, 0.25) is 0 Å². The monoisotopic (exact) mass is 310 g/mol. The Labute approximate surface area is 131 Å². The Bertz CT molecular complexity index is 472. The number of aliphatic hydroxyl groups excluding tert-OH is 1. The molecule has 124 valence electrons. The molecule has 3 aliphatic carbocycles. The van der Waals surface area contributed by atoms with Crippen LogP contribution in [0.4, 0.5) is 0 Å². The zero-order chi connectivity index (χ0) is 15.6. The summed E-state index contributed by atoms with van der Waals surface area (Å²) in [6.07, 6.45) is 7.93. The van der Waals surface area contributed by atoms with Crippen molar-refractivity contribution < 1.29 is 24.1 Å². The van der Waals surface area contributed by atoms with Crippen LogP contribution in [-0.4, -0.2) is 52.2 Å². The van der Waals surface area contributed by atoms with Crippen LogP contribution in [0, 0.1) is 10.8 Å². The Balaban J connectivity index is 1.87. The van der Waals surface area contributed by atoms with Crippen LogP contribution in [-0.2, 0) is 18.9 Å². The number of methoxy groups -OCH3 is 2. The van der Waals surface area contributed by atoms with Crippen LogP contribution in [0.15, 0.2) is 23.3 Å². The summed E-state index contributed by atoms with van der Waals surface area (Å²) in [5.74, 6) is 0. The smallest absolute Gasteiger partial charge is 0.146 e. The molecule has 0 radical (unpaired) electrons. The minimum absolute atomic E-state index is 0.0562. The lowest BCUT2D eigenvalue weighted by Gasteiger charge is -2.61. The predicted molar refractivity (Wildman–Crippen MR) is 81.2 cm³/mol. The lowest BCUT2D eigenvalue weighted by molar-refractivity contribution is -0.0805. The minimum Gasteiger partial charge on any atom is -0.388 e. The fraction of sp³-hybridized carbons (Fsp3) is 0.765. The van der Waals surface area contributed by atoms with Gasteiger partial charge in [0.15, 0.2) is 0 Å². The zero-order valence-electron chi connectivity index (χ0n) is 13.5. The van der Waals surface area contributed by atoms with Gasteiger partial charge in [0.1, 0.15) is 13.6 Å². The number of rotatable bonds is 8. The van der Waals surface area contributed by atoms with Crippen LogP contribution in [0.1, 0.15) is 25.7 Å². The Kier molecular flexibility index (Phi) is 4.71. The lowest BCUT2D eigenvalue weighted by Crippen LogP contribution is -2.59. The number of ether oxygens (including phenoxy) is 4. The van der Waals surface area contributed by atoms with E-state index in [9.17, 15) is 5.11 Å². The number of allylic oxidation sites excluding steroid dienone is 1. The van der Waals surface area contributed by atoms with Gasteiger partial charge in [0.05, 0.1) is 19.3 Å². The van der Waals surface area contributed by atoms with Crippen molar-refractivity contribution in [3.05, 3.63) is 23.3 Å². The second-order valence-corrected chi connectivity index (χ2v) is 6.45. The highest BCUT2D eigenvalue weighted by atomic mass is 16.7.